The number of para-hydroxylation sites is 2. The van der Waals surface area contributed by atoms with Crippen LogP contribution in [0.4, 0.5) is 17.1 Å². The van der Waals surface area contributed by atoms with Gasteiger partial charge >= 0.3 is 0 Å². The second-order valence-electron chi connectivity index (χ2n) is 13.2. The highest BCUT2D eigenvalue weighted by molar-refractivity contribution is 6.23. The van der Waals surface area contributed by atoms with Gasteiger partial charge in [-0.25, -0.2) is 0 Å². The van der Waals surface area contributed by atoms with E-state index in [1.165, 1.54) is 5.56 Å². The monoisotopic (exact) mass is 667 g/mol. The number of benzene rings is 8. The molecule has 0 saturated carbocycles. The van der Waals surface area contributed by atoms with Crippen molar-refractivity contribution < 1.29 is 13.3 Å². The van der Waals surface area contributed by atoms with Crippen molar-refractivity contribution in [3.8, 4) is 22.5 Å². The van der Waals surface area contributed by atoms with Crippen molar-refractivity contribution in [2.45, 2.75) is 0 Å². The van der Waals surface area contributed by atoms with Gasteiger partial charge in [0, 0.05) is 38.2 Å². The maximum Gasteiger partial charge on any atom is 0.160 e. The predicted octanol–water partition coefficient (Wildman–Crippen LogP) is 14.2. The Morgan fingerprint density at radius 1 is 0.385 bits per heavy atom. The topological polar surface area (TPSA) is 42.7 Å². The largest absolute Gasteiger partial charge is 0.456 e. The molecule has 4 heteroatoms. The van der Waals surface area contributed by atoms with Crippen LogP contribution in [0.5, 0.6) is 0 Å². The Morgan fingerprint density at radius 2 is 1.04 bits per heavy atom. The smallest absolute Gasteiger partial charge is 0.160 e. The Hall–Kier alpha value is -7.04. The SMILES string of the molecule is c1ccc(-c2ccc(N(c3c4ccccc4cc4c3oc3cccc(-c5cc6ccccc6o5)c34)c3cccc4oc5ccccc5c34)cc2)cc1. The Labute approximate surface area is 298 Å². The van der Waals surface area contributed by atoms with Crippen LogP contribution in [0.25, 0.3) is 88.1 Å². The minimum Gasteiger partial charge on any atom is -0.456 e. The molecular formula is C48H29NO3. The fourth-order valence-corrected chi connectivity index (χ4v) is 7.91. The first kappa shape index (κ1) is 28.8. The summed E-state index contributed by atoms with van der Waals surface area (Å²) in [5, 5.41) is 7.42. The fraction of sp³-hybridized carbons (Fsp3) is 0. The molecule has 0 radical (unpaired) electrons. The Balaban J connectivity index is 1.25. The molecule has 8 aromatic carbocycles. The second kappa shape index (κ2) is 11.2. The van der Waals surface area contributed by atoms with Gasteiger partial charge in [-0.1, -0.05) is 121 Å². The zero-order valence-electron chi connectivity index (χ0n) is 27.9. The summed E-state index contributed by atoms with van der Waals surface area (Å²) in [6.07, 6.45) is 0. The first-order chi connectivity index (χ1) is 25.8. The molecule has 0 N–H and O–H groups in total. The van der Waals surface area contributed by atoms with Gasteiger partial charge in [-0.2, -0.15) is 0 Å². The average molecular weight is 668 g/mol. The Morgan fingerprint density at radius 3 is 1.87 bits per heavy atom. The van der Waals surface area contributed by atoms with E-state index in [1.807, 2.05) is 42.5 Å². The van der Waals surface area contributed by atoms with Crippen LogP contribution >= 0.6 is 0 Å². The molecule has 244 valence electrons. The van der Waals surface area contributed by atoms with Crippen molar-refractivity contribution in [1.29, 1.82) is 0 Å². The first-order valence-corrected chi connectivity index (χ1v) is 17.5. The van der Waals surface area contributed by atoms with Gasteiger partial charge in [-0.15, -0.1) is 0 Å². The molecule has 0 atom stereocenters. The van der Waals surface area contributed by atoms with Crippen molar-refractivity contribution >= 4 is 82.7 Å². The highest BCUT2D eigenvalue weighted by Crippen LogP contribution is 2.50. The first-order valence-electron chi connectivity index (χ1n) is 17.5. The summed E-state index contributed by atoms with van der Waals surface area (Å²) in [6.45, 7) is 0. The summed E-state index contributed by atoms with van der Waals surface area (Å²) in [4.78, 5) is 2.35. The Bertz CT molecular complexity index is 3100. The summed E-state index contributed by atoms with van der Waals surface area (Å²) in [5.41, 5.74) is 10.4. The lowest BCUT2D eigenvalue weighted by Crippen LogP contribution is -2.11. The van der Waals surface area contributed by atoms with Crippen LogP contribution < -0.4 is 4.90 Å². The zero-order chi connectivity index (χ0) is 34.2. The normalized spacial score (nSPS) is 11.8. The molecule has 0 aliphatic heterocycles. The van der Waals surface area contributed by atoms with E-state index in [0.29, 0.717) is 0 Å². The third-order valence-electron chi connectivity index (χ3n) is 10.3. The van der Waals surface area contributed by atoms with Crippen LogP contribution in [0, 0.1) is 0 Å². The number of rotatable bonds is 5. The maximum atomic E-state index is 7.02. The van der Waals surface area contributed by atoms with Crippen LogP contribution in [-0.4, -0.2) is 0 Å². The van der Waals surface area contributed by atoms with Crippen molar-refractivity contribution in [2.24, 2.45) is 0 Å². The molecule has 0 unspecified atom stereocenters. The second-order valence-corrected chi connectivity index (χ2v) is 13.2. The lowest BCUT2D eigenvalue weighted by Gasteiger charge is -2.28. The highest BCUT2D eigenvalue weighted by Gasteiger charge is 2.27. The van der Waals surface area contributed by atoms with Gasteiger partial charge < -0.3 is 18.2 Å². The molecule has 0 saturated heterocycles. The minimum atomic E-state index is 0.800. The van der Waals surface area contributed by atoms with Crippen molar-refractivity contribution in [2.75, 3.05) is 4.90 Å². The molecule has 0 aliphatic carbocycles. The molecule has 0 bridgehead atoms. The number of hydrogen-bond acceptors (Lipinski definition) is 4. The van der Waals surface area contributed by atoms with E-state index in [-0.39, 0.29) is 0 Å². The van der Waals surface area contributed by atoms with E-state index in [9.17, 15) is 0 Å². The molecule has 0 spiro atoms. The Kier molecular flexibility index (Phi) is 6.22. The number of furan rings is 3. The summed E-state index contributed by atoms with van der Waals surface area (Å²) >= 11 is 0. The van der Waals surface area contributed by atoms with Gasteiger partial charge in [0.05, 0.1) is 16.8 Å². The van der Waals surface area contributed by atoms with Crippen LogP contribution in [-0.2, 0) is 0 Å². The van der Waals surface area contributed by atoms with E-state index in [4.69, 9.17) is 13.3 Å². The third kappa shape index (κ3) is 4.34. The highest BCUT2D eigenvalue weighted by atomic mass is 16.3. The van der Waals surface area contributed by atoms with E-state index in [0.717, 1.165) is 99.6 Å². The van der Waals surface area contributed by atoms with Crippen molar-refractivity contribution in [3.63, 3.8) is 0 Å². The van der Waals surface area contributed by atoms with E-state index in [2.05, 4.69) is 138 Å². The molecule has 11 rings (SSSR count). The standard InChI is InChI=1S/C48H29NO3/c1-2-12-30(13-3-1)31-24-26-34(27-25-31)49(39-19-11-23-43-46(39)36-17-7-9-21-41(36)51-43)47-35-16-6-4-14-32(35)28-38-45-37(18-10-22-42(45)52-48(38)47)44-29-33-15-5-8-20-40(33)50-44/h1-29H. The van der Waals surface area contributed by atoms with E-state index in [1.54, 1.807) is 0 Å². The van der Waals surface area contributed by atoms with Crippen molar-refractivity contribution in [1.82, 2.24) is 0 Å². The molecule has 3 aromatic heterocycles. The summed E-state index contributed by atoms with van der Waals surface area (Å²) in [5.74, 6) is 0.812. The average Bonchev–Trinajstić information content (AvgIpc) is 3.92. The molecule has 0 amide bonds. The lowest BCUT2D eigenvalue weighted by molar-refractivity contribution is 0.632. The number of nitrogens with zero attached hydrogens (tertiary/aromatic N) is 1. The minimum absolute atomic E-state index is 0.800. The quantitative estimate of drug-likeness (QED) is 0.183. The van der Waals surface area contributed by atoms with E-state index >= 15 is 0 Å². The molecule has 11 aromatic rings. The predicted molar refractivity (Wildman–Crippen MR) is 214 cm³/mol. The van der Waals surface area contributed by atoms with Crippen LogP contribution in [0.1, 0.15) is 0 Å². The van der Waals surface area contributed by atoms with Crippen LogP contribution in [0.15, 0.2) is 189 Å². The van der Waals surface area contributed by atoms with Gasteiger partial charge in [0.2, 0.25) is 0 Å². The number of anilines is 3. The molecule has 3 heterocycles. The van der Waals surface area contributed by atoms with Gasteiger partial charge in [0.25, 0.3) is 0 Å². The zero-order valence-corrected chi connectivity index (χ0v) is 27.9. The van der Waals surface area contributed by atoms with Gasteiger partial charge in [0.1, 0.15) is 28.1 Å². The summed E-state index contributed by atoms with van der Waals surface area (Å²) in [6, 6.07) is 61.2. The fourth-order valence-electron chi connectivity index (χ4n) is 7.91. The number of fused-ring (bicyclic) bond motifs is 8. The summed E-state index contributed by atoms with van der Waals surface area (Å²) in [7, 11) is 0. The maximum absolute atomic E-state index is 7.02. The third-order valence-corrected chi connectivity index (χ3v) is 10.3. The molecule has 52 heavy (non-hydrogen) atoms. The summed E-state index contributed by atoms with van der Waals surface area (Å²) < 4.78 is 19.9. The van der Waals surface area contributed by atoms with E-state index < -0.39 is 0 Å². The number of hydrogen-bond donors (Lipinski definition) is 0. The molecule has 0 aliphatic rings. The molecular weight excluding hydrogens is 639 g/mol. The van der Waals surface area contributed by atoms with Gasteiger partial charge in [0.15, 0.2) is 5.58 Å². The lowest BCUT2D eigenvalue weighted by atomic mass is 9.98. The van der Waals surface area contributed by atoms with Crippen LogP contribution in [0.2, 0.25) is 0 Å². The van der Waals surface area contributed by atoms with Gasteiger partial charge in [-0.05, 0) is 71.1 Å². The van der Waals surface area contributed by atoms with Crippen molar-refractivity contribution in [3.05, 3.63) is 176 Å². The molecule has 0 fully saturated rings. The van der Waals surface area contributed by atoms with Gasteiger partial charge in [-0.3, -0.25) is 0 Å². The van der Waals surface area contributed by atoms with Crippen LogP contribution in [0.3, 0.4) is 0 Å². The molecule has 4 nitrogen and oxygen atoms in total.